The summed E-state index contributed by atoms with van der Waals surface area (Å²) in [6.45, 7) is 3.70. The van der Waals surface area contributed by atoms with Gasteiger partial charge >= 0.3 is 0 Å². The van der Waals surface area contributed by atoms with Crippen molar-refractivity contribution in [1.82, 2.24) is 10.2 Å². The average molecular weight is 228 g/mol. The van der Waals surface area contributed by atoms with Gasteiger partial charge in [-0.3, -0.25) is 4.79 Å². The van der Waals surface area contributed by atoms with Crippen molar-refractivity contribution < 1.29 is 4.79 Å². The van der Waals surface area contributed by atoms with Gasteiger partial charge in [0.25, 0.3) is 0 Å². The molecule has 0 spiro atoms. The minimum absolute atomic E-state index is 0.341. The number of nitrogens with one attached hydrogen (secondary N) is 1. The van der Waals surface area contributed by atoms with Crippen LogP contribution in [-0.2, 0) is 4.79 Å². The van der Waals surface area contributed by atoms with E-state index in [9.17, 15) is 4.79 Å². The highest BCUT2D eigenvalue weighted by atomic mass is 32.2. The van der Waals surface area contributed by atoms with Gasteiger partial charge in [-0.1, -0.05) is 12.8 Å². The molecule has 4 heteroatoms. The Labute approximate surface area is 96.0 Å². The zero-order valence-corrected chi connectivity index (χ0v) is 10.0. The molecule has 2 fully saturated rings. The van der Waals surface area contributed by atoms with Gasteiger partial charge in [0.15, 0.2) is 0 Å². The summed E-state index contributed by atoms with van der Waals surface area (Å²) in [5.41, 5.74) is 0. The van der Waals surface area contributed by atoms with Crippen LogP contribution in [0.2, 0.25) is 0 Å². The summed E-state index contributed by atoms with van der Waals surface area (Å²) in [7, 11) is 0. The highest BCUT2D eigenvalue weighted by molar-refractivity contribution is 8.00. The second-order valence-corrected chi connectivity index (χ2v) is 5.64. The highest BCUT2D eigenvalue weighted by Crippen LogP contribution is 2.29. The summed E-state index contributed by atoms with van der Waals surface area (Å²) in [5.74, 6) is 1.04. The van der Waals surface area contributed by atoms with Crippen LogP contribution >= 0.6 is 11.8 Å². The summed E-state index contributed by atoms with van der Waals surface area (Å²) in [5, 5.41) is 4.03. The van der Waals surface area contributed by atoms with Gasteiger partial charge in [0.05, 0.1) is 5.75 Å². The lowest BCUT2D eigenvalue weighted by molar-refractivity contribution is -0.128. The molecule has 0 radical (unpaired) electrons. The third-order valence-electron chi connectivity index (χ3n) is 3.21. The molecule has 1 aliphatic heterocycles. The van der Waals surface area contributed by atoms with Crippen molar-refractivity contribution in [3.05, 3.63) is 0 Å². The van der Waals surface area contributed by atoms with Gasteiger partial charge in [0.1, 0.15) is 0 Å². The Morgan fingerprint density at radius 1 is 1.27 bits per heavy atom. The monoisotopic (exact) mass is 228 g/mol. The molecule has 15 heavy (non-hydrogen) atoms. The molecule has 1 saturated heterocycles. The molecule has 0 atom stereocenters. The van der Waals surface area contributed by atoms with Gasteiger partial charge in [0.2, 0.25) is 5.91 Å². The number of nitrogens with zero attached hydrogens (tertiary/aromatic N) is 1. The minimum atomic E-state index is 0.341. The Balaban J connectivity index is 1.66. The smallest absolute Gasteiger partial charge is 0.232 e. The molecule has 1 heterocycles. The molecule has 1 saturated carbocycles. The number of thioether (sulfide) groups is 1. The van der Waals surface area contributed by atoms with E-state index in [4.69, 9.17) is 0 Å². The molecule has 2 aliphatic rings. The van der Waals surface area contributed by atoms with Crippen molar-refractivity contribution >= 4 is 17.7 Å². The van der Waals surface area contributed by atoms with E-state index in [1.807, 2.05) is 16.7 Å². The molecular weight excluding hydrogens is 208 g/mol. The second kappa shape index (κ2) is 5.75. The summed E-state index contributed by atoms with van der Waals surface area (Å²) < 4.78 is 0. The van der Waals surface area contributed by atoms with Gasteiger partial charge in [-0.2, -0.15) is 0 Å². The summed E-state index contributed by atoms with van der Waals surface area (Å²) in [6.07, 6.45) is 5.36. The molecule has 86 valence electrons. The van der Waals surface area contributed by atoms with Gasteiger partial charge in [-0.05, 0) is 12.8 Å². The number of carbonyl (C=O) groups is 1. The minimum Gasteiger partial charge on any atom is -0.339 e. The molecular formula is C11H20N2OS. The van der Waals surface area contributed by atoms with E-state index in [1.54, 1.807) is 0 Å². The number of hydrogen-bond donors (Lipinski definition) is 1. The normalized spacial score (nSPS) is 23.3. The zero-order valence-electron chi connectivity index (χ0n) is 9.21. The van der Waals surface area contributed by atoms with E-state index in [2.05, 4.69) is 5.32 Å². The Bertz CT molecular complexity index is 211. The SMILES string of the molecule is O=C(CSC1CCCC1)N1CCNCC1. The summed E-state index contributed by atoms with van der Waals surface area (Å²) in [6, 6.07) is 0. The molecule has 1 N–H and O–H groups in total. The van der Waals surface area contributed by atoms with Crippen molar-refractivity contribution in [3.8, 4) is 0 Å². The first-order valence-corrected chi connectivity index (χ1v) is 7.01. The van der Waals surface area contributed by atoms with Crippen LogP contribution in [0.1, 0.15) is 25.7 Å². The maximum atomic E-state index is 11.8. The van der Waals surface area contributed by atoms with Crippen LogP contribution in [0.25, 0.3) is 0 Å². The maximum Gasteiger partial charge on any atom is 0.232 e. The predicted octanol–water partition coefficient (Wildman–Crippen LogP) is 1.09. The predicted molar refractivity (Wildman–Crippen MR) is 64.2 cm³/mol. The van der Waals surface area contributed by atoms with E-state index >= 15 is 0 Å². The van der Waals surface area contributed by atoms with Gasteiger partial charge in [-0.25, -0.2) is 0 Å². The van der Waals surface area contributed by atoms with Gasteiger partial charge < -0.3 is 10.2 Å². The van der Waals surface area contributed by atoms with E-state index < -0.39 is 0 Å². The second-order valence-electron chi connectivity index (χ2n) is 4.35. The number of carbonyl (C=O) groups excluding carboxylic acids is 1. The van der Waals surface area contributed by atoms with E-state index in [1.165, 1.54) is 25.7 Å². The highest BCUT2D eigenvalue weighted by Gasteiger charge is 2.20. The van der Waals surface area contributed by atoms with Crippen molar-refractivity contribution in [2.45, 2.75) is 30.9 Å². The van der Waals surface area contributed by atoms with E-state index in [-0.39, 0.29) is 0 Å². The third kappa shape index (κ3) is 3.38. The molecule has 0 aromatic carbocycles. The quantitative estimate of drug-likeness (QED) is 0.785. The summed E-state index contributed by atoms with van der Waals surface area (Å²) in [4.78, 5) is 13.8. The molecule has 3 nitrogen and oxygen atoms in total. The Hall–Kier alpha value is -0.220. The van der Waals surface area contributed by atoms with Crippen LogP contribution in [0.3, 0.4) is 0 Å². The fourth-order valence-electron chi connectivity index (χ4n) is 2.25. The molecule has 2 rings (SSSR count). The first-order chi connectivity index (χ1) is 7.36. The van der Waals surface area contributed by atoms with Crippen LogP contribution < -0.4 is 5.32 Å². The molecule has 0 unspecified atom stereocenters. The number of rotatable bonds is 3. The fraction of sp³-hybridized carbons (Fsp3) is 0.909. The number of amides is 1. The number of piperazine rings is 1. The lowest BCUT2D eigenvalue weighted by Gasteiger charge is -2.27. The van der Waals surface area contributed by atoms with Crippen LogP contribution in [0.5, 0.6) is 0 Å². The topological polar surface area (TPSA) is 32.3 Å². The van der Waals surface area contributed by atoms with E-state index in [0.717, 1.165) is 31.4 Å². The largest absolute Gasteiger partial charge is 0.339 e. The zero-order chi connectivity index (χ0) is 10.5. The Kier molecular flexibility index (Phi) is 4.32. The third-order valence-corrected chi connectivity index (χ3v) is 4.57. The Morgan fingerprint density at radius 3 is 2.60 bits per heavy atom. The van der Waals surface area contributed by atoms with Crippen LogP contribution in [0.15, 0.2) is 0 Å². The van der Waals surface area contributed by atoms with E-state index in [0.29, 0.717) is 11.7 Å². The molecule has 1 amide bonds. The summed E-state index contributed by atoms with van der Waals surface area (Å²) >= 11 is 1.87. The average Bonchev–Trinajstić information content (AvgIpc) is 2.80. The maximum absolute atomic E-state index is 11.8. The lowest BCUT2D eigenvalue weighted by atomic mass is 10.3. The molecule has 1 aliphatic carbocycles. The first kappa shape index (κ1) is 11.3. The van der Waals surface area contributed by atoms with Gasteiger partial charge in [0, 0.05) is 31.4 Å². The van der Waals surface area contributed by atoms with Crippen LogP contribution in [0, 0.1) is 0 Å². The molecule has 0 aromatic heterocycles. The van der Waals surface area contributed by atoms with Crippen molar-refractivity contribution in [3.63, 3.8) is 0 Å². The first-order valence-electron chi connectivity index (χ1n) is 5.96. The van der Waals surface area contributed by atoms with Crippen molar-refractivity contribution in [2.75, 3.05) is 31.9 Å². The van der Waals surface area contributed by atoms with Crippen molar-refractivity contribution in [1.29, 1.82) is 0 Å². The lowest BCUT2D eigenvalue weighted by Crippen LogP contribution is -2.47. The standard InChI is InChI=1S/C11H20N2OS/c14-11(13-7-5-12-6-8-13)9-15-10-3-1-2-4-10/h10,12H,1-9H2. The fourth-order valence-corrected chi connectivity index (χ4v) is 3.48. The van der Waals surface area contributed by atoms with Gasteiger partial charge in [-0.15, -0.1) is 11.8 Å². The molecule has 0 bridgehead atoms. The molecule has 0 aromatic rings. The van der Waals surface area contributed by atoms with Crippen LogP contribution in [-0.4, -0.2) is 48.0 Å². The number of hydrogen-bond acceptors (Lipinski definition) is 3. The van der Waals surface area contributed by atoms with Crippen LogP contribution in [0.4, 0.5) is 0 Å². The Morgan fingerprint density at radius 2 is 1.93 bits per heavy atom. The van der Waals surface area contributed by atoms with Crippen molar-refractivity contribution in [2.24, 2.45) is 0 Å².